The van der Waals surface area contributed by atoms with Crippen molar-refractivity contribution in [3.63, 3.8) is 0 Å². The molecule has 1 aromatic rings. The van der Waals surface area contributed by atoms with Gasteiger partial charge in [0.05, 0.1) is 0 Å². The summed E-state index contributed by atoms with van der Waals surface area (Å²) in [5.41, 5.74) is 2.10. The van der Waals surface area contributed by atoms with Crippen molar-refractivity contribution in [3.8, 4) is 0 Å². The predicted octanol–water partition coefficient (Wildman–Crippen LogP) is 2.54. The molecule has 0 saturated heterocycles. The summed E-state index contributed by atoms with van der Waals surface area (Å²) in [6, 6.07) is 2.29. The molecule has 0 amide bonds. The molecule has 0 aromatic carbocycles. The first kappa shape index (κ1) is 13.3. The normalized spacial score (nSPS) is 26.7. The highest BCUT2D eigenvalue weighted by Crippen LogP contribution is 2.61. The van der Waals surface area contributed by atoms with E-state index in [1.165, 1.54) is 6.42 Å². The largest absolute Gasteiger partial charge is 0.481 e. The van der Waals surface area contributed by atoms with Crippen LogP contribution in [0.15, 0.2) is 6.07 Å². The molecule has 5 heteroatoms. The first-order valence-electron chi connectivity index (χ1n) is 7.30. The molecule has 2 saturated carbocycles. The van der Waals surface area contributed by atoms with Gasteiger partial charge in [-0.3, -0.25) is 4.79 Å². The second kappa shape index (κ2) is 4.72. The van der Waals surface area contributed by atoms with Crippen LogP contribution in [-0.4, -0.2) is 27.1 Å². The fourth-order valence-electron chi connectivity index (χ4n) is 3.87. The molecule has 2 atom stereocenters. The van der Waals surface area contributed by atoms with E-state index < -0.39 is 5.97 Å². The Bertz CT molecular complexity index is 520. The summed E-state index contributed by atoms with van der Waals surface area (Å²) in [5, 5.41) is 12.4. The molecule has 0 bridgehead atoms. The predicted molar refractivity (Wildman–Crippen MR) is 75.6 cm³/mol. The lowest BCUT2D eigenvalue weighted by molar-refractivity contribution is -0.145. The molecule has 2 aliphatic rings. The number of carbonyl (C=O) groups is 1. The highest BCUT2D eigenvalue weighted by Gasteiger charge is 2.58. The fraction of sp³-hybridized carbons (Fsp3) is 0.667. The average molecular weight is 275 g/mol. The number of hydrogen-bond acceptors (Lipinski definition) is 4. The lowest BCUT2D eigenvalue weighted by Gasteiger charge is -2.61. The molecular formula is C15H21N3O2. The third-order valence-corrected chi connectivity index (χ3v) is 5.02. The van der Waals surface area contributed by atoms with Crippen LogP contribution in [0.4, 0.5) is 5.95 Å². The smallest absolute Gasteiger partial charge is 0.303 e. The zero-order valence-corrected chi connectivity index (χ0v) is 12.0. The molecular weight excluding hydrogens is 254 g/mol. The van der Waals surface area contributed by atoms with Crippen LogP contribution < -0.4 is 5.32 Å². The van der Waals surface area contributed by atoms with E-state index in [4.69, 9.17) is 5.11 Å². The van der Waals surface area contributed by atoms with E-state index in [1.807, 2.05) is 19.9 Å². The number of aliphatic carboxylic acids is 1. The van der Waals surface area contributed by atoms with Crippen molar-refractivity contribution < 1.29 is 9.90 Å². The van der Waals surface area contributed by atoms with Gasteiger partial charge in [-0.05, 0) is 50.5 Å². The zero-order valence-electron chi connectivity index (χ0n) is 12.0. The monoisotopic (exact) mass is 275 g/mol. The first-order chi connectivity index (χ1) is 9.49. The molecule has 2 unspecified atom stereocenters. The Morgan fingerprint density at radius 2 is 2.05 bits per heavy atom. The molecule has 1 aromatic heterocycles. The van der Waals surface area contributed by atoms with Crippen LogP contribution in [0.5, 0.6) is 0 Å². The second-order valence-electron chi connectivity index (χ2n) is 6.29. The standard InChI is InChI=1S/C15H21N3O2/c1-9-6-10(2)17-14(16-9)18-12-7-11(8-13(19)20)15(12)4-3-5-15/h6,11-12H,3-5,7-8H2,1-2H3,(H,19,20)(H,16,17,18). The summed E-state index contributed by atoms with van der Waals surface area (Å²) in [6.45, 7) is 3.93. The summed E-state index contributed by atoms with van der Waals surface area (Å²) in [7, 11) is 0. The molecule has 0 aliphatic heterocycles. The molecule has 5 nitrogen and oxygen atoms in total. The van der Waals surface area contributed by atoms with Crippen molar-refractivity contribution >= 4 is 11.9 Å². The van der Waals surface area contributed by atoms with Crippen LogP contribution in [0.25, 0.3) is 0 Å². The van der Waals surface area contributed by atoms with Gasteiger partial charge in [0, 0.05) is 23.9 Å². The molecule has 2 fully saturated rings. The minimum absolute atomic E-state index is 0.180. The van der Waals surface area contributed by atoms with Gasteiger partial charge in [0.2, 0.25) is 5.95 Å². The van der Waals surface area contributed by atoms with Crippen molar-refractivity contribution in [2.24, 2.45) is 11.3 Å². The fourth-order valence-corrected chi connectivity index (χ4v) is 3.87. The minimum atomic E-state index is -0.678. The average Bonchev–Trinajstić information content (AvgIpc) is 2.22. The van der Waals surface area contributed by atoms with E-state index in [0.717, 1.165) is 30.7 Å². The number of aryl methyl sites for hydroxylation is 2. The third-order valence-electron chi connectivity index (χ3n) is 5.02. The lowest BCUT2D eigenvalue weighted by atomic mass is 9.46. The topological polar surface area (TPSA) is 75.1 Å². The number of hydrogen-bond donors (Lipinski definition) is 2. The number of nitrogens with zero attached hydrogens (tertiary/aromatic N) is 2. The summed E-state index contributed by atoms with van der Waals surface area (Å²) >= 11 is 0. The number of nitrogens with one attached hydrogen (secondary N) is 1. The molecule has 3 rings (SSSR count). The van der Waals surface area contributed by atoms with E-state index in [-0.39, 0.29) is 5.41 Å². The van der Waals surface area contributed by atoms with Gasteiger partial charge in [0.25, 0.3) is 0 Å². The van der Waals surface area contributed by atoms with E-state index in [0.29, 0.717) is 24.3 Å². The SMILES string of the molecule is Cc1cc(C)nc(NC2CC(CC(=O)O)C23CCC3)n1. The van der Waals surface area contributed by atoms with Gasteiger partial charge in [-0.2, -0.15) is 0 Å². The van der Waals surface area contributed by atoms with Crippen molar-refractivity contribution in [1.29, 1.82) is 0 Å². The van der Waals surface area contributed by atoms with Crippen LogP contribution in [0.3, 0.4) is 0 Å². The Labute approximate surface area is 118 Å². The van der Waals surface area contributed by atoms with Gasteiger partial charge in [-0.1, -0.05) is 6.42 Å². The van der Waals surface area contributed by atoms with Crippen molar-refractivity contribution in [2.75, 3.05) is 5.32 Å². The van der Waals surface area contributed by atoms with Crippen molar-refractivity contribution in [3.05, 3.63) is 17.5 Å². The molecule has 20 heavy (non-hydrogen) atoms. The van der Waals surface area contributed by atoms with Gasteiger partial charge in [-0.15, -0.1) is 0 Å². The summed E-state index contributed by atoms with van der Waals surface area (Å²) in [4.78, 5) is 19.8. The minimum Gasteiger partial charge on any atom is -0.481 e. The van der Waals surface area contributed by atoms with Crippen LogP contribution >= 0.6 is 0 Å². The highest BCUT2D eigenvalue weighted by molar-refractivity contribution is 5.67. The van der Waals surface area contributed by atoms with Crippen molar-refractivity contribution in [2.45, 2.75) is 52.0 Å². The molecule has 1 heterocycles. The van der Waals surface area contributed by atoms with E-state index in [9.17, 15) is 4.79 Å². The van der Waals surface area contributed by atoms with E-state index >= 15 is 0 Å². The van der Waals surface area contributed by atoms with Gasteiger partial charge in [0.15, 0.2) is 0 Å². The van der Waals surface area contributed by atoms with Crippen LogP contribution in [0.2, 0.25) is 0 Å². The first-order valence-corrected chi connectivity index (χ1v) is 7.30. The van der Waals surface area contributed by atoms with E-state index in [2.05, 4.69) is 15.3 Å². The zero-order chi connectivity index (χ0) is 14.3. The van der Waals surface area contributed by atoms with Gasteiger partial charge in [0.1, 0.15) is 0 Å². The Morgan fingerprint density at radius 3 is 2.55 bits per heavy atom. The maximum absolute atomic E-state index is 10.9. The summed E-state index contributed by atoms with van der Waals surface area (Å²) in [5.74, 6) is 0.326. The number of rotatable bonds is 4. The highest BCUT2D eigenvalue weighted by atomic mass is 16.4. The summed E-state index contributed by atoms with van der Waals surface area (Å²) in [6.07, 6.45) is 4.69. The second-order valence-corrected chi connectivity index (χ2v) is 6.29. The Hall–Kier alpha value is -1.65. The lowest BCUT2D eigenvalue weighted by Crippen LogP contribution is -2.61. The van der Waals surface area contributed by atoms with Crippen LogP contribution in [0.1, 0.15) is 43.5 Å². The maximum Gasteiger partial charge on any atom is 0.303 e. The number of aromatic nitrogens is 2. The molecule has 1 spiro atoms. The molecule has 108 valence electrons. The summed E-state index contributed by atoms with van der Waals surface area (Å²) < 4.78 is 0. The number of anilines is 1. The number of carboxylic acid groups (broad SMARTS) is 1. The van der Waals surface area contributed by atoms with Gasteiger partial charge < -0.3 is 10.4 Å². The Kier molecular flexibility index (Phi) is 3.15. The van der Waals surface area contributed by atoms with Crippen LogP contribution in [0, 0.1) is 25.2 Å². The molecule has 2 N–H and O–H groups in total. The molecule has 0 radical (unpaired) electrons. The van der Waals surface area contributed by atoms with Crippen molar-refractivity contribution in [1.82, 2.24) is 9.97 Å². The van der Waals surface area contributed by atoms with Gasteiger partial charge >= 0.3 is 5.97 Å². The van der Waals surface area contributed by atoms with Gasteiger partial charge in [-0.25, -0.2) is 9.97 Å². The van der Waals surface area contributed by atoms with Crippen LogP contribution in [-0.2, 0) is 4.79 Å². The number of carboxylic acids is 1. The quantitative estimate of drug-likeness (QED) is 0.883. The van der Waals surface area contributed by atoms with E-state index in [1.54, 1.807) is 0 Å². The Morgan fingerprint density at radius 1 is 1.40 bits per heavy atom. The molecule has 2 aliphatic carbocycles. The maximum atomic E-state index is 10.9. The Balaban J connectivity index is 1.71. The third kappa shape index (κ3) is 2.15.